The minimum absolute atomic E-state index is 0.00759. The minimum atomic E-state index is -0.844. The lowest BCUT2D eigenvalue weighted by Crippen LogP contribution is -1.99. The van der Waals surface area contributed by atoms with E-state index in [2.05, 4.69) is 4.98 Å². The number of carboxylic acids is 1. The van der Waals surface area contributed by atoms with E-state index >= 15 is 0 Å². The first-order valence-electron chi connectivity index (χ1n) is 5.17. The summed E-state index contributed by atoms with van der Waals surface area (Å²) < 4.78 is 5.55. The fourth-order valence-corrected chi connectivity index (χ4v) is 1.52. The van der Waals surface area contributed by atoms with Crippen molar-refractivity contribution in [2.75, 3.05) is 0 Å². The molecule has 0 radical (unpaired) electrons. The number of aliphatic carboxylic acids is 1. The van der Waals surface area contributed by atoms with Crippen LogP contribution in [-0.2, 0) is 11.2 Å². The van der Waals surface area contributed by atoms with Gasteiger partial charge in [-0.15, -0.1) is 0 Å². The number of fused-ring (bicyclic) bond motifs is 1. The number of carbonyl (C=O) groups is 1. The highest BCUT2D eigenvalue weighted by Crippen LogP contribution is 2.22. The van der Waals surface area contributed by atoms with Gasteiger partial charge in [-0.1, -0.05) is 19.9 Å². The summed E-state index contributed by atoms with van der Waals surface area (Å²) in [4.78, 5) is 14.9. The lowest BCUT2D eigenvalue weighted by Gasteiger charge is -1.95. The largest absolute Gasteiger partial charge is 0.481 e. The number of carboxylic acid groups (broad SMARTS) is 1. The third kappa shape index (κ3) is 2.05. The Balaban J connectivity index is 2.41. The van der Waals surface area contributed by atoms with Crippen molar-refractivity contribution in [3.63, 3.8) is 0 Å². The van der Waals surface area contributed by atoms with E-state index in [9.17, 15) is 4.79 Å². The molecule has 0 amide bonds. The molecule has 1 heterocycles. The lowest BCUT2D eigenvalue weighted by molar-refractivity contribution is -0.136. The molecule has 4 heteroatoms. The van der Waals surface area contributed by atoms with Gasteiger partial charge in [0.1, 0.15) is 5.52 Å². The molecule has 0 aliphatic carbocycles. The molecule has 0 saturated heterocycles. The normalized spacial score (nSPS) is 11.2. The summed E-state index contributed by atoms with van der Waals surface area (Å²) >= 11 is 0. The Labute approximate surface area is 92.9 Å². The van der Waals surface area contributed by atoms with Crippen LogP contribution in [0.5, 0.6) is 0 Å². The maximum Gasteiger partial charge on any atom is 0.307 e. The number of rotatable bonds is 3. The zero-order valence-corrected chi connectivity index (χ0v) is 9.23. The molecular weight excluding hydrogens is 206 g/mol. The Morgan fingerprint density at radius 1 is 1.50 bits per heavy atom. The SMILES string of the molecule is CC(C)c1nc2ccc(CC(=O)O)cc2o1. The van der Waals surface area contributed by atoms with Crippen molar-refractivity contribution in [3.8, 4) is 0 Å². The van der Waals surface area contributed by atoms with Crippen LogP contribution < -0.4 is 0 Å². The van der Waals surface area contributed by atoms with Crippen molar-refractivity contribution in [3.05, 3.63) is 29.7 Å². The molecule has 4 nitrogen and oxygen atoms in total. The van der Waals surface area contributed by atoms with Crippen LogP contribution in [0.3, 0.4) is 0 Å². The second-order valence-electron chi connectivity index (χ2n) is 4.08. The van der Waals surface area contributed by atoms with E-state index in [1.165, 1.54) is 0 Å². The van der Waals surface area contributed by atoms with E-state index in [0.717, 1.165) is 11.1 Å². The van der Waals surface area contributed by atoms with Gasteiger partial charge in [0, 0.05) is 5.92 Å². The number of hydrogen-bond acceptors (Lipinski definition) is 3. The fraction of sp³-hybridized carbons (Fsp3) is 0.333. The van der Waals surface area contributed by atoms with E-state index in [4.69, 9.17) is 9.52 Å². The summed E-state index contributed by atoms with van der Waals surface area (Å²) in [5.41, 5.74) is 2.16. The molecule has 84 valence electrons. The van der Waals surface area contributed by atoms with E-state index in [-0.39, 0.29) is 12.3 Å². The van der Waals surface area contributed by atoms with Gasteiger partial charge in [0.15, 0.2) is 11.5 Å². The number of benzene rings is 1. The molecule has 1 aromatic carbocycles. The van der Waals surface area contributed by atoms with Crippen LogP contribution in [0.25, 0.3) is 11.1 Å². The van der Waals surface area contributed by atoms with Gasteiger partial charge in [-0.25, -0.2) is 4.98 Å². The highest BCUT2D eigenvalue weighted by Gasteiger charge is 2.10. The van der Waals surface area contributed by atoms with Crippen molar-refractivity contribution >= 4 is 17.1 Å². The van der Waals surface area contributed by atoms with Crippen molar-refractivity contribution in [1.29, 1.82) is 0 Å². The zero-order valence-electron chi connectivity index (χ0n) is 9.23. The number of aromatic nitrogens is 1. The molecule has 0 fully saturated rings. The second kappa shape index (κ2) is 3.96. The van der Waals surface area contributed by atoms with Crippen molar-refractivity contribution in [2.45, 2.75) is 26.2 Å². The summed E-state index contributed by atoms with van der Waals surface area (Å²) in [6.45, 7) is 4.01. The van der Waals surface area contributed by atoms with Crippen molar-refractivity contribution in [1.82, 2.24) is 4.98 Å². The van der Waals surface area contributed by atoms with Gasteiger partial charge in [-0.3, -0.25) is 4.79 Å². The van der Waals surface area contributed by atoms with E-state index in [1.54, 1.807) is 18.2 Å². The first kappa shape index (κ1) is 10.7. The van der Waals surface area contributed by atoms with Gasteiger partial charge >= 0.3 is 5.97 Å². The Hall–Kier alpha value is -1.84. The first-order chi connectivity index (χ1) is 7.56. The minimum Gasteiger partial charge on any atom is -0.481 e. The summed E-state index contributed by atoms with van der Waals surface area (Å²) in [6.07, 6.45) is 0.00759. The summed E-state index contributed by atoms with van der Waals surface area (Å²) in [7, 11) is 0. The molecule has 1 N–H and O–H groups in total. The Kier molecular flexibility index (Phi) is 2.64. The number of hydrogen-bond donors (Lipinski definition) is 1. The van der Waals surface area contributed by atoms with Crippen molar-refractivity contribution in [2.24, 2.45) is 0 Å². The molecule has 0 bridgehead atoms. The molecule has 2 rings (SSSR count). The maximum atomic E-state index is 10.6. The smallest absolute Gasteiger partial charge is 0.307 e. The van der Waals surface area contributed by atoms with Crippen LogP contribution in [0.1, 0.15) is 31.2 Å². The lowest BCUT2D eigenvalue weighted by atomic mass is 10.1. The highest BCUT2D eigenvalue weighted by molar-refractivity contribution is 5.76. The molecule has 0 unspecified atom stereocenters. The zero-order chi connectivity index (χ0) is 11.7. The molecule has 1 aromatic heterocycles. The van der Waals surface area contributed by atoms with E-state index < -0.39 is 5.97 Å². The summed E-state index contributed by atoms with van der Waals surface area (Å²) in [6, 6.07) is 5.30. The quantitative estimate of drug-likeness (QED) is 0.861. The third-order valence-corrected chi connectivity index (χ3v) is 2.32. The van der Waals surface area contributed by atoms with Gasteiger partial charge < -0.3 is 9.52 Å². The molecule has 16 heavy (non-hydrogen) atoms. The topological polar surface area (TPSA) is 63.3 Å². The maximum absolute atomic E-state index is 10.6. The molecule has 0 aliphatic rings. The van der Waals surface area contributed by atoms with Gasteiger partial charge in [-0.05, 0) is 17.7 Å². The van der Waals surface area contributed by atoms with Gasteiger partial charge in [0.25, 0.3) is 0 Å². The summed E-state index contributed by atoms with van der Waals surface area (Å²) in [5, 5.41) is 8.69. The van der Waals surface area contributed by atoms with Gasteiger partial charge in [0.05, 0.1) is 6.42 Å². The van der Waals surface area contributed by atoms with Crippen LogP contribution in [-0.4, -0.2) is 16.1 Å². The van der Waals surface area contributed by atoms with Crippen LogP contribution in [0.4, 0.5) is 0 Å². The number of oxazole rings is 1. The molecule has 0 atom stereocenters. The Morgan fingerprint density at radius 2 is 2.25 bits per heavy atom. The number of nitrogens with zero attached hydrogens (tertiary/aromatic N) is 1. The predicted octanol–water partition coefficient (Wildman–Crippen LogP) is 2.58. The first-order valence-corrected chi connectivity index (χ1v) is 5.17. The van der Waals surface area contributed by atoms with Crippen molar-refractivity contribution < 1.29 is 14.3 Å². The fourth-order valence-electron chi connectivity index (χ4n) is 1.52. The monoisotopic (exact) mass is 219 g/mol. The Bertz CT molecular complexity index is 528. The predicted molar refractivity (Wildman–Crippen MR) is 59.4 cm³/mol. The van der Waals surface area contributed by atoms with Gasteiger partial charge in [-0.2, -0.15) is 0 Å². The van der Waals surface area contributed by atoms with Crippen LogP contribution in [0.15, 0.2) is 22.6 Å². The summed E-state index contributed by atoms with van der Waals surface area (Å²) in [5.74, 6) is 0.0701. The second-order valence-corrected chi connectivity index (χ2v) is 4.08. The van der Waals surface area contributed by atoms with Crippen LogP contribution >= 0.6 is 0 Å². The average Bonchev–Trinajstić information content (AvgIpc) is 2.59. The van der Waals surface area contributed by atoms with Crippen LogP contribution in [0.2, 0.25) is 0 Å². The standard InChI is InChI=1S/C12H13NO3/c1-7(2)12-13-9-4-3-8(6-11(14)15)5-10(9)16-12/h3-5,7H,6H2,1-2H3,(H,14,15). The third-order valence-electron chi connectivity index (χ3n) is 2.32. The Morgan fingerprint density at radius 3 is 2.88 bits per heavy atom. The van der Waals surface area contributed by atoms with E-state index in [0.29, 0.717) is 11.5 Å². The van der Waals surface area contributed by atoms with Crippen LogP contribution in [0, 0.1) is 0 Å². The van der Waals surface area contributed by atoms with E-state index in [1.807, 2.05) is 13.8 Å². The molecule has 0 saturated carbocycles. The molecule has 0 spiro atoms. The molecular formula is C12H13NO3. The molecule has 0 aliphatic heterocycles. The average molecular weight is 219 g/mol. The van der Waals surface area contributed by atoms with Gasteiger partial charge in [0.2, 0.25) is 0 Å². The highest BCUT2D eigenvalue weighted by atomic mass is 16.4. The molecule has 2 aromatic rings.